The van der Waals surface area contributed by atoms with Crippen molar-refractivity contribution in [2.45, 2.75) is 264 Å². The van der Waals surface area contributed by atoms with Crippen LogP contribution in [0.2, 0.25) is 0 Å². The third kappa shape index (κ3) is 43.4. The van der Waals surface area contributed by atoms with Gasteiger partial charge in [-0.15, -0.1) is 0 Å². The van der Waals surface area contributed by atoms with Crippen molar-refractivity contribution in [1.82, 2.24) is 5.32 Å². The molecule has 0 radical (unpaired) electrons. The smallest absolute Gasteiger partial charge is 0.391 e. The zero-order valence-electron chi connectivity index (χ0n) is 38.9. The zero-order valence-corrected chi connectivity index (χ0v) is 39.8. The largest absolute Gasteiger partial charge is 0.472 e. The molecule has 0 saturated heterocycles. The Labute approximate surface area is 355 Å². The van der Waals surface area contributed by atoms with Crippen molar-refractivity contribution in [2.24, 2.45) is 0 Å². The van der Waals surface area contributed by atoms with Gasteiger partial charge < -0.3 is 19.8 Å². The van der Waals surface area contributed by atoms with Gasteiger partial charge >= 0.3 is 7.82 Å². The van der Waals surface area contributed by atoms with Gasteiger partial charge in [0.1, 0.15) is 13.2 Å². The van der Waals surface area contributed by atoms with Crippen molar-refractivity contribution in [3.63, 3.8) is 0 Å². The standard InChI is InChI=1S/C48H99N2O6P/c1-6-8-10-12-14-16-18-19-20-21-22-23-24-25-26-27-28-29-30-31-32-33-35-37-39-41-47(51)46(45-56-57(53,54)55-44-43-50(3,4)5)49-48(52)42-40-38-36-34-17-15-13-11-9-7-2/h46-47,51H,6-45H2,1-5H3,(H-,49,52,53,54)/p+1. The van der Waals surface area contributed by atoms with Crippen LogP contribution in [0, 0.1) is 0 Å². The monoisotopic (exact) mass is 832 g/mol. The summed E-state index contributed by atoms with van der Waals surface area (Å²) < 4.78 is 23.6. The molecule has 0 heterocycles. The molecule has 57 heavy (non-hydrogen) atoms. The molecule has 0 aromatic heterocycles. The Morgan fingerprint density at radius 2 is 0.842 bits per heavy atom. The van der Waals surface area contributed by atoms with Crippen molar-refractivity contribution in [3.05, 3.63) is 0 Å². The van der Waals surface area contributed by atoms with Crippen LogP contribution in [-0.4, -0.2) is 73.4 Å². The number of nitrogens with one attached hydrogen (secondary N) is 1. The molecule has 0 rings (SSSR count). The molecular weight excluding hydrogens is 732 g/mol. The molecule has 8 nitrogen and oxygen atoms in total. The minimum absolute atomic E-state index is 0.0785. The quantitative estimate of drug-likeness (QED) is 0.0321. The lowest BCUT2D eigenvalue weighted by Gasteiger charge is -2.26. The van der Waals surface area contributed by atoms with Crippen molar-refractivity contribution in [1.29, 1.82) is 0 Å². The van der Waals surface area contributed by atoms with E-state index in [2.05, 4.69) is 19.2 Å². The third-order valence-electron chi connectivity index (χ3n) is 11.6. The predicted molar refractivity (Wildman–Crippen MR) is 245 cm³/mol. The van der Waals surface area contributed by atoms with E-state index in [0.29, 0.717) is 23.9 Å². The number of likely N-dealkylation sites (N-methyl/N-ethyl adjacent to an activating group) is 1. The van der Waals surface area contributed by atoms with Crippen LogP contribution in [0.5, 0.6) is 0 Å². The van der Waals surface area contributed by atoms with Gasteiger partial charge in [0.05, 0.1) is 39.9 Å². The summed E-state index contributed by atoms with van der Waals surface area (Å²) in [7, 11) is 1.63. The SMILES string of the molecule is CCCCCCCCCCCCCCCCCCCCCCCCCCCC(O)C(COP(=O)(O)OCC[N+](C)(C)C)NC(=O)CCCCCCCCCCCC. The Morgan fingerprint density at radius 1 is 0.526 bits per heavy atom. The van der Waals surface area contributed by atoms with Crippen LogP contribution < -0.4 is 5.32 Å². The van der Waals surface area contributed by atoms with Crippen molar-refractivity contribution >= 4 is 13.7 Å². The van der Waals surface area contributed by atoms with Crippen LogP contribution in [-0.2, 0) is 18.4 Å². The molecule has 0 aliphatic carbocycles. The van der Waals surface area contributed by atoms with Crippen LogP contribution >= 0.6 is 7.82 Å². The van der Waals surface area contributed by atoms with E-state index in [9.17, 15) is 19.4 Å². The first-order chi connectivity index (χ1) is 27.5. The molecule has 0 saturated carbocycles. The molecule has 0 bridgehead atoms. The fraction of sp³-hybridized carbons (Fsp3) is 0.979. The van der Waals surface area contributed by atoms with Gasteiger partial charge in [-0.2, -0.15) is 0 Å². The number of hydrogen-bond donors (Lipinski definition) is 3. The van der Waals surface area contributed by atoms with E-state index in [1.807, 2.05) is 21.1 Å². The first-order valence-electron chi connectivity index (χ1n) is 24.9. The molecule has 3 atom stereocenters. The molecule has 1 amide bonds. The molecule has 0 aliphatic heterocycles. The lowest BCUT2D eigenvalue weighted by atomic mass is 10.0. The number of aliphatic hydroxyl groups is 1. The number of rotatable bonds is 46. The molecule has 3 N–H and O–H groups in total. The highest BCUT2D eigenvalue weighted by Crippen LogP contribution is 2.43. The number of carbonyl (C=O) groups is 1. The number of quaternary nitrogens is 1. The van der Waals surface area contributed by atoms with Crippen LogP contribution in [0.15, 0.2) is 0 Å². The average molecular weight is 832 g/mol. The van der Waals surface area contributed by atoms with Crippen molar-refractivity contribution in [3.8, 4) is 0 Å². The molecule has 0 aromatic rings. The Kier molecular flexibility index (Phi) is 40.5. The second-order valence-electron chi connectivity index (χ2n) is 18.6. The van der Waals surface area contributed by atoms with Crippen LogP contribution in [0.3, 0.4) is 0 Å². The molecule has 9 heteroatoms. The second-order valence-corrected chi connectivity index (χ2v) is 20.0. The fourth-order valence-corrected chi connectivity index (χ4v) is 8.37. The van der Waals surface area contributed by atoms with E-state index in [1.165, 1.54) is 186 Å². The van der Waals surface area contributed by atoms with Crippen LogP contribution in [0.25, 0.3) is 0 Å². The summed E-state index contributed by atoms with van der Waals surface area (Å²) in [5.41, 5.74) is 0. The normalized spacial score (nSPS) is 14.2. The van der Waals surface area contributed by atoms with Crippen LogP contribution in [0.4, 0.5) is 0 Å². The molecule has 0 fully saturated rings. The Morgan fingerprint density at radius 3 is 1.18 bits per heavy atom. The van der Waals surface area contributed by atoms with Gasteiger partial charge in [0.2, 0.25) is 5.91 Å². The van der Waals surface area contributed by atoms with Gasteiger partial charge in [-0.05, 0) is 12.8 Å². The first-order valence-corrected chi connectivity index (χ1v) is 26.4. The highest BCUT2D eigenvalue weighted by molar-refractivity contribution is 7.47. The summed E-state index contributed by atoms with van der Waals surface area (Å²) in [6.45, 7) is 4.90. The maximum absolute atomic E-state index is 12.8. The average Bonchev–Trinajstić information content (AvgIpc) is 3.16. The maximum atomic E-state index is 12.8. The molecular formula is C48H100N2O6P+. The number of phosphoric ester groups is 1. The predicted octanol–water partition coefficient (Wildman–Crippen LogP) is 14.1. The van der Waals surface area contributed by atoms with Crippen molar-refractivity contribution < 1.29 is 32.9 Å². The van der Waals surface area contributed by atoms with Gasteiger partial charge in [0, 0.05) is 6.42 Å². The lowest BCUT2D eigenvalue weighted by Crippen LogP contribution is -2.46. The highest BCUT2D eigenvalue weighted by atomic mass is 31.2. The van der Waals surface area contributed by atoms with E-state index < -0.39 is 20.0 Å². The number of aliphatic hydroxyl groups excluding tert-OH is 1. The van der Waals surface area contributed by atoms with E-state index in [-0.39, 0.29) is 19.1 Å². The lowest BCUT2D eigenvalue weighted by molar-refractivity contribution is -0.870. The minimum atomic E-state index is -4.31. The summed E-state index contributed by atoms with van der Waals surface area (Å²) in [5.74, 6) is -0.143. The Balaban J connectivity index is 4.09. The molecule has 3 unspecified atom stereocenters. The molecule has 342 valence electrons. The Hall–Kier alpha value is -0.500. The first kappa shape index (κ1) is 56.5. The molecule has 0 aromatic carbocycles. The number of hydrogen-bond acceptors (Lipinski definition) is 5. The third-order valence-corrected chi connectivity index (χ3v) is 12.6. The van der Waals surface area contributed by atoms with Gasteiger partial charge in [-0.25, -0.2) is 4.57 Å². The van der Waals surface area contributed by atoms with E-state index in [0.717, 1.165) is 38.5 Å². The number of amides is 1. The van der Waals surface area contributed by atoms with Crippen molar-refractivity contribution in [2.75, 3.05) is 40.9 Å². The van der Waals surface area contributed by atoms with E-state index >= 15 is 0 Å². The zero-order chi connectivity index (χ0) is 42.1. The van der Waals surface area contributed by atoms with Gasteiger partial charge in [-0.3, -0.25) is 13.8 Å². The summed E-state index contributed by atoms with van der Waals surface area (Å²) in [5, 5.41) is 14.0. The Bertz CT molecular complexity index is 901. The van der Waals surface area contributed by atoms with Gasteiger partial charge in [0.25, 0.3) is 0 Å². The maximum Gasteiger partial charge on any atom is 0.472 e. The van der Waals surface area contributed by atoms with Crippen LogP contribution in [0.1, 0.15) is 251 Å². The number of nitrogens with zero attached hydrogens (tertiary/aromatic N) is 1. The second kappa shape index (κ2) is 40.9. The van der Waals surface area contributed by atoms with E-state index in [4.69, 9.17) is 9.05 Å². The molecule has 0 aliphatic rings. The number of carbonyl (C=O) groups excluding carboxylic acids is 1. The summed E-state index contributed by atoms with van der Waals surface area (Å²) in [4.78, 5) is 23.1. The summed E-state index contributed by atoms with van der Waals surface area (Å²) in [6.07, 6.45) is 45.8. The number of unbranched alkanes of at least 4 members (excludes halogenated alkanes) is 33. The highest BCUT2D eigenvalue weighted by Gasteiger charge is 2.28. The summed E-state index contributed by atoms with van der Waals surface area (Å²) in [6, 6.07) is -0.752. The van der Waals surface area contributed by atoms with Gasteiger partial charge in [0.15, 0.2) is 0 Å². The molecule has 0 spiro atoms. The van der Waals surface area contributed by atoms with E-state index in [1.54, 1.807) is 0 Å². The van der Waals surface area contributed by atoms with Gasteiger partial charge in [-0.1, -0.05) is 232 Å². The summed E-state index contributed by atoms with van der Waals surface area (Å²) >= 11 is 0. The topological polar surface area (TPSA) is 105 Å². The number of phosphoric acid groups is 1. The fourth-order valence-electron chi connectivity index (χ4n) is 7.64. The minimum Gasteiger partial charge on any atom is -0.391 e.